The first-order chi connectivity index (χ1) is 32.2. The smallest absolute Gasteiger partial charge is 0.0867 e. The van der Waals surface area contributed by atoms with Gasteiger partial charge in [0.15, 0.2) is 0 Å². The Balaban J connectivity index is 1.70. The van der Waals surface area contributed by atoms with Gasteiger partial charge in [-0.3, -0.25) is 0 Å². The highest BCUT2D eigenvalue weighted by molar-refractivity contribution is 8.28. The number of anilines is 1. The Kier molecular flexibility index (Phi) is 22.9. The fourth-order valence-electron chi connectivity index (χ4n) is 11.8. The molecule has 0 aliphatic heterocycles. The van der Waals surface area contributed by atoms with Gasteiger partial charge in [0.2, 0.25) is 0 Å². The van der Waals surface area contributed by atoms with Gasteiger partial charge in [0.25, 0.3) is 0 Å². The molecule has 0 bridgehead atoms. The molecule has 0 amide bonds. The Hall–Kier alpha value is -1.59. The second-order valence-corrected chi connectivity index (χ2v) is 46.7. The van der Waals surface area contributed by atoms with Gasteiger partial charge in [-0.1, -0.05) is 308 Å². The minimum absolute atomic E-state index is 0.582. The fraction of sp³-hybridized carbons (Fsp3) is 0.600. The first-order valence-corrected chi connectivity index (χ1v) is 43.4. The molecular weight excluding hydrogens is 909 g/mol. The third kappa shape index (κ3) is 15.0. The van der Waals surface area contributed by atoms with Crippen LogP contribution in [-0.2, 0) is 0 Å². The van der Waals surface area contributed by atoms with Crippen LogP contribution in [0.15, 0.2) is 91.0 Å². The van der Waals surface area contributed by atoms with Gasteiger partial charge in [-0.2, -0.15) is 0 Å². The second kappa shape index (κ2) is 27.3. The molecule has 0 heterocycles. The van der Waals surface area contributed by atoms with Crippen molar-refractivity contribution in [2.45, 2.75) is 232 Å². The summed E-state index contributed by atoms with van der Waals surface area (Å²) < 4.78 is 3.10. The Bertz CT molecular complexity index is 1990. The zero-order valence-corrected chi connectivity index (χ0v) is 51.3. The molecule has 2 atom stereocenters. The number of rotatable bonds is 29. The minimum atomic E-state index is -1.82. The highest BCUT2D eigenvalue weighted by atomic mass is 32.1. The predicted octanol–water partition coefficient (Wildman–Crippen LogP) is 17.3. The van der Waals surface area contributed by atoms with E-state index in [0.717, 1.165) is 8.27 Å². The number of benzene rings is 4. The first kappa shape index (κ1) is 56.3. The van der Waals surface area contributed by atoms with Crippen LogP contribution in [0.1, 0.15) is 151 Å². The molecule has 4 aromatic carbocycles. The molecule has 0 N–H and O–H groups in total. The first-order valence-electron chi connectivity index (χ1n) is 28.0. The molecule has 0 aromatic heterocycles. The van der Waals surface area contributed by atoms with Gasteiger partial charge in [0.1, 0.15) is 0 Å². The standard InChI is InChI=1S/C60H99NP2Si4/c1-13-19-45-66(46-20-14-2,47-21-15-3)54-41-37-51(38-42-54)56-33-30-34-57(60(56)65(10,11)12)62-63(58-35-28-29-36-59(58)64(7,8)9)61(52-31-26-25-27-32-52)53-39-43-55(44-40-53)67(48-22-16-4,49-23-17-5)50-24-18-6/h28-30,33-44,52,62H,13-27,31-32,45-50H2,1-12H3. The minimum Gasteiger partial charge on any atom is -0.340 e. The van der Waals surface area contributed by atoms with Crippen LogP contribution in [0.2, 0.25) is 75.5 Å². The molecule has 7 heteroatoms. The van der Waals surface area contributed by atoms with Crippen molar-refractivity contribution in [3.05, 3.63) is 91.0 Å². The topological polar surface area (TPSA) is 3.24 Å². The van der Waals surface area contributed by atoms with Crippen molar-refractivity contribution in [3.63, 3.8) is 0 Å². The number of hydrogen-bond acceptors (Lipinski definition) is 1. The SMILES string of the molecule is CCCC[Si](CCCC)(CCCC)c1ccc(-c2cccc(PP(c3ccccc3[Si](C)(C)C)N(c3ccc([Si](CCCC)(CCCC)CCCC)cc3)C3CCCCC3)c2[Si](C)(C)C)cc1. The van der Waals surface area contributed by atoms with E-state index in [4.69, 9.17) is 0 Å². The highest BCUT2D eigenvalue weighted by Crippen LogP contribution is 2.60. The Morgan fingerprint density at radius 2 is 0.940 bits per heavy atom. The molecule has 1 aliphatic rings. The molecule has 67 heavy (non-hydrogen) atoms. The zero-order chi connectivity index (χ0) is 48.5. The lowest BCUT2D eigenvalue weighted by atomic mass is 9.95. The molecule has 370 valence electrons. The largest absolute Gasteiger partial charge is 0.340 e. The molecule has 2 unspecified atom stereocenters. The molecule has 1 aliphatic carbocycles. The maximum atomic E-state index is 3.10. The van der Waals surface area contributed by atoms with E-state index in [1.807, 2.05) is 0 Å². The summed E-state index contributed by atoms with van der Waals surface area (Å²) in [5.74, 6) is 0. The van der Waals surface area contributed by atoms with Crippen LogP contribution < -0.4 is 36.0 Å². The van der Waals surface area contributed by atoms with Gasteiger partial charge >= 0.3 is 0 Å². The van der Waals surface area contributed by atoms with Gasteiger partial charge in [0.05, 0.1) is 32.3 Å². The summed E-state index contributed by atoms with van der Waals surface area (Å²) in [6, 6.07) is 47.9. The van der Waals surface area contributed by atoms with E-state index in [9.17, 15) is 0 Å². The van der Waals surface area contributed by atoms with Gasteiger partial charge in [-0.25, -0.2) is 0 Å². The fourth-order valence-corrected chi connectivity index (χ4v) is 35.6. The van der Waals surface area contributed by atoms with Gasteiger partial charge in [-0.15, -0.1) is 0 Å². The Morgan fingerprint density at radius 3 is 1.37 bits per heavy atom. The third-order valence-corrected chi connectivity index (χ3v) is 36.7. The average Bonchev–Trinajstić information content (AvgIpc) is 3.33. The van der Waals surface area contributed by atoms with E-state index in [2.05, 4.69) is 176 Å². The van der Waals surface area contributed by atoms with Gasteiger partial charge in [0, 0.05) is 19.5 Å². The van der Waals surface area contributed by atoms with Crippen molar-refractivity contribution in [2.75, 3.05) is 4.67 Å². The maximum Gasteiger partial charge on any atom is 0.0867 e. The Labute approximate surface area is 421 Å². The van der Waals surface area contributed by atoms with Crippen molar-refractivity contribution >= 4 is 85.4 Å². The van der Waals surface area contributed by atoms with E-state index in [0.29, 0.717) is 6.04 Å². The number of hydrogen-bond donors (Lipinski definition) is 0. The van der Waals surface area contributed by atoms with Gasteiger partial charge < -0.3 is 4.67 Å². The lowest BCUT2D eigenvalue weighted by Crippen LogP contribution is -2.49. The van der Waals surface area contributed by atoms with Crippen LogP contribution in [-0.4, -0.2) is 38.3 Å². The molecule has 1 nitrogen and oxygen atoms in total. The molecule has 0 saturated heterocycles. The van der Waals surface area contributed by atoms with Crippen LogP contribution in [0.5, 0.6) is 0 Å². The summed E-state index contributed by atoms with van der Waals surface area (Å²) in [6.07, 6.45) is 22.9. The lowest BCUT2D eigenvalue weighted by molar-refractivity contribution is 0.446. The van der Waals surface area contributed by atoms with Crippen molar-refractivity contribution < 1.29 is 0 Å². The summed E-state index contributed by atoms with van der Waals surface area (Å²) in [6.45, 7) is 30.1. The summed E-state index contributed by atoms with van der Waals surface area (Å²) in [7, 11) is -6.66. The van der Waals surface area contributed by atoms with Crippen LogP contribution in [0.4, 0.5) is 5.69 Å². The van der Waals surface area contributed by atoms with Crippen LogP contribution in [0.25, 0.3) is 11.1 Å². The van der Waals surface area contributed by atoms with Crippen LogP contribution >= 0.6 is 16.0 Å². The summed E-state index contributed by atoms with van der Waals surface area (Å²) in [5.41, 5.74) is 4.48. The number of nitrogens with zero attached hydrogens (tertiary/aromatic N) is 1. The van der Waals surface area contributed by atoms with E-state index < -0.39 is 40.1 Å². The summed E-state index contributed by atoms with van der Waals surface area (Å²) in [5, 5.41) is 10.2. The van der Waals surface area contributed by atoms with E-state index in [1.165, 1.54) is 162 Å². The van der Waals surface area contributed by atoms with Gasteiger partial charge in [-0.05, 0) is 60.2 Å². The zero-order valence-electron chi connectivity index (χ0n) is 45.4. The van der Waals surface area contributed by atoms with E-state index >= 15 is 0 Å². The summed E-state index contributed by atoms with van der Waals surface area (Å²) in [4.78, 5) is 0. The molecule has 1 fully saturated rings. The second-order valence-electron chi connectivity index (χ2n) is 23.1. The predicted molar refractivity (Wildman–Crippen MR) is 324 cm³/mol. The van der Waals surface area contributed by atoms with Crippen molar-refractivity contribution in [1.82, 2.24) is 0 Å². The normalized spacial score (nSPS) is 14.9. The molecule has 1 saturated carbocycles. The van der Waals surface area contributed by atoms with Crippen molar-refractivity contribution in [2.24, 2.45) is 0 Å². The van der Waals surface area contributed by atoms with E-state index in [-0.39, 0.29) is 0 Å². The van der Waals surface area contributed by atoms with E-state index in [1.54, 1.807) is 31.4 Å². The monoisotopic (exact) mass is 1010 g/mol. The van der Waals surface area contributed by atoms with Crippen molar-refractivity contribution in [3.8, 4) is 11.1 Å². The molecule has 0 radical (unpaired) electrons. The molecular formula is C60H99NP2Si4. The average molecular weight is 1010 g/mol. The maximum absolute atomic E-state index is 3.10. The molecule has 0 spiro atoms. The van der Waals surface area contributed by atoms with Crippen molar-refractivity contribution in [1.29, 1.82) is 0 Å². The third-order valence-electron chi connectivity index (χ3n) is 15.7. The quantitative estimate of drug-likeness (QED) is 0.0387. The highest BCUT2D eigenvalue weighted by Gasteiger charge is 2.38. The van der Waals surface area contributed by atoms with Crippen LogP contribution in [0.3, 0.4) is 0 Å². The molecule has 4 aromatic rings. The number of unbranched alkanes of at least 4 members (excludes halogenated alkanes) is 6. The summed E-state index contributed by atoms with van der Waals surface area (Å²) >= 11 is 0. The molecule has 5 rings (SSSR count). The Morgan fingerprint density at radius 1 is 0.493 bits per heavy atom. The van der Waals surface area contributed by atoms with Crippen LogP contribution in [0, 0.1) is 0 Å². The lowest BCUT2D eigenvalue weighted by Gasteiger charge is -2.44.